The Labute approximate surface area is 126 Å². The van der Waals surface area contributed by atoms with Crippen molar-refractivity contribution in [3.05, 3.63) is 34.9 Å². The fraction of sp³-hybridized carbons (Fsp3) is 0.500. The number of hydrogen-bond donors (Lipinski definition) is 1. The minimum atomic E-state index is 0.432. The highest BCUT2D eigenvalue weighted by atomic mass is 35.5. The normalized spacial score (nSPS) is 10.7. The SMILES string of the molecule is C=C(C)COc1c(Cl)cc(CNCC(C)C)cc1OC. The van der Waals surface area contributed by atoms with E-state index < -0.39 is 0 Å². The van der Waals surface area contributed by atoms with Crippen LogP contribution >= 0.6 is 11.6 Å². The molecule has 0 unspecified atom stereocenters. The summed E-state index contributed by atoms with van der Waals surface area (Å²) in [6.07, 6.45) is 0. The van der Waals surface area contributed by atoms with E-state index in [4.69, 9.17) is 21.1 Å². The van der Waals surface area contributed by atoms with Crippen molar-refractivity contribution in [1.82, 2.24) is 5.32 Å². The van der Waals surface area contributed by atoms with E-state index >= 15 is 0 Å². The van der Waals surface area contributed by atoms with Crippen LogP contribution in [-0.4, -0.2) is 20.3 Å². The van der Waals surface area contributed by atoms with E-state index in [0.717, 1.165) is 24.2 Å². The molecule has 112 valence electrons. The van der Waals surface area contributed by atoms with Gasteiger partial charge < -0.3 is 14.8 Å². The van der Waals surface area contributed by atoms with E-state index in [0.29, 0.717) is 29.0 Å². The molecule has 3 nitrogen and oxygen atoms in total. The maximum absolute atomic E-state index is 6.28. The van der Waals surface area contributed by atoms with Gasteiger partial charge in [0, 0.05) is 6.54 Å². The first kappa shape index (κ1) is 16.9. The van der Waals surface area contributed by atoms with Crippen LogP contribution in [0.1, 0.15) is 26.3 Å². The molecule has 1 aromatic rings. The number of halogens is 1. The van der Waals surface area contributed by atoms with E-state index in [1.165, 1.54) is 0 Å². The number of nitrogens with one attached hydrogen (secondary N) is 1. The molecule has 1 aromatic carbocycles. The zero-order valence-corrected chi connectivity index (χ0v) is 13.5. The zero-order valence-electron chi connectivity index (χ0n) is 12.8. The van der Waals surface area contributed by atoms with Crippen LogP contribution in [0.15, 0.2) is 24.3 Å². The molecular weight excluding hydrogens is 274 g/mol. The second-order valence-corrected chi connectivity index (χ2v) is 5.79. The van der Waals surface area contributed by atoms with Gasteiger partial charge in [-0.15, -0.1) is 0 Å². The van der Waals surface area contributed by atoms with Gasteiger partial charge in [-0.25, -0.2) is 0 Å². The molecule has 0 saturated heterocycles. The third kappa shape index (κ3) is 5.43. The van der Waals surface area contributed by atoms with Crippen molar-refractivity contribution >= 4 is 11.6 Å². The van der Waals surface area contributed by atoms with E-state index in [1.54, 1.807) is 7.11 Å². The minimum Gasteiger partial charge on any atom is -0.493 e. The van der Waals surface area contributed by atoms with Gasteiger partial charge in [-0.2, -0.15) is 0 Å². The molecule has 0 aromatic heterocycles. The summed E-state index contributed by atoms with van der Waals surface area (Å²) in [5, 5.41) is 3.94. The van der Waals surface area contributed by atoms with Gasteiger partial charge in [-0.1, -0.05) is 32.0 Å². The van der Waals surface area contributed by atoms with Gasteiger partial charge in [0.15, 0.2) is 11.5 Å². The summed E-state index contributed by atoms with van der Waals surface area (Å²) in [4.78, 5) is 0. The van der Waals surface area contributed by atoms with E-state index in [9.17, 15) is 0 Å². The molecule has 4 heteroatoms. The molecule has 0 aliphatic heterocycles. The van der Waals surface area contributed by atoms with Gasteiger partial charge in [0.05, 0.1) is 12.1 Å². The summed E-state index contributed by atoms with van der Waals surface area (Å²) in [6.45, 7) is 12.2. The number of rotatable bonds is 8. The van der Waals surface area contributed by atoms with Crippen LogP contribution < -0.4 is 14.8 Å². The van der Waals surface area contributed by atoms with Crippen molar-refractivity contribution in [1.29, 1.82) is 0 Å². The van der Waals surface area contributed by atoms with Gasteiger partial charge in [0.2, 0.25) is 0 Å². The maximum Gasteiger partial charge on any atom is 0.180 e. The highest BCUT2D eigenvalue weighted by Crippen LogP contribution is 2.36. The first-order valence-corrected chi connectivity index (χ1v) is 7.16. The minimum absolute atomic E-state index is 0.432. The number of benzene rings is 1. The fourth-order valence-electron chi connectivity index (χ4n) is 1.72. The van der Waals surface area contributed by atoms with E-state index in [1.807, 2.05) is 19.1 Å². The number of hydrogen-bond acceptors (Lipinski definition) is 3. The molecule has 1 rings (SSSR count). The lowest BCUT2D eigenvalue weighted by Crippen LogP contribution is -2.19. The Morgan fingerprint density at radius 3 is 2.65 bits per heavy atom. The summed E-state index contributed by atoms with van der Waals surface area (Å²) in [7, 11) is 1.62. The molecule has 0 aliphatic rings. The number of methoxy groups -OCH3 is 1. The second-order valence-electron chi connectivity index (χ2n) is 5.38. The molecule has 0 atom stereocenters. The average molecular weight is 298 g/mol. The van der Waals surface area contributed by atoms with Crippen molar-refractivity contribution in [3.8, 4) is 11.5 Å². The molecule has 0 radical (unpaired) electrons. The molecule has 0 amide bonds. The Hall–Kier alpha value is -1.19. The van der Waals surface area contributed by atoms with Crippen LogP contribution in [0.2, 0.25) is 5.02 Å². The van der Waals surface area contributed by atoms with Crippen LogP contribution in [0.5, 0.6) is 11.5 Å². The smallest absolute Gasteiger partial charge is 0.180 e. The van der Waals surface area contributed by atoms with Crippen molar-refractivity contribution < 1.29 is 9.47 Å². The Balaban J connectivity index is 2.81. The zero-order chi connectivity index (χ0) is 15.1. The first-order valence-electron chi connectivity index (χ1n) is 6.78. The fourth-order valence-corrected chi connectivity index (χ4v) is 2.00. The Kier molecular flexibility index (Phi) is 6.89. The van der Waals surface area contributed by atoms with Crippen molar-refractivity contribution in [2.75, 3.05) is 20.3 Å². The van der Waals surface area contributed by atoms with E-state index in [-0.39, 0.29) is 0 Å². The maximum atomic E-state index is 6.28. The number of ether oxygens (including phenoxy) is 2. The lowest BCUT2D eigenvalue weighted by molar-refractivity contribution is 0.319. The van der Waals surface area contributed by atoms with Crippen molar-refractivity contribution in [3.63, 3.8) is 0 Å². The highest BCUT2D eigenvalue weighted by Gasteiger charge is 2.12. The van der Waals surface area contributed by atoms with Crippen LogP contribution in [-0.2, 0) is 6.54 Å². The quantitative estimate of drug-likeness (QED) is 0.734. The summed E-state index contributed by atoms with van der Waals surface area (Å²) in [5.41, 5.74) is 2.01. The molecule has 0 spiro atoms. The van der Waals surface area contributed by atoms with Crippen molar-refractivity contribution in [2.45, 2.75) is 27.3 Å². The third-order valence-electron chi connectivity index (χ3n) is 2.63. The first-order chi connectivity index (χ1) is 9.43. The lowest BCUT2D eigenvalue weighted by Gasteiger charge is -2.15. The summed E-state index contributed by atoms with van der Waals surface area (Å²) in [5.74, 6) is 1.84. The molecule has 0 saturated carbocycles. The molecule has 20 heavy (non-hydrogen) atoms. The van der Waals surface area contributed by atoms with Gasteiger partial charge in [-0.3, -0.25) is 0 Å². The average Bonchev–Trinajstić information content (AvgIpc) is 2.36. The van der Waals surface area contributed by atoms with E-state index in [2.05, 4.69) is 25.7 Å². The van der Waals surface area contributed by atoms with Crippen LogP contribution in [0.4, 0.5) is 0 Å². The van der Waals surface area contributed by atoms with Crippen LogP contribution in [0.25, 0.3) is 0 Å². The standard InChI is InChI=1S/C16H24ClNO2/c1-11(2)8-18-9-13-6-14(17)16(15(7-13)19-5)20-10-12(3)4/h6-7,11,18H,3,8-10H2,1-2,4-5H3. The van der Waals surface area contributed by atoms with Gasteiger partial charge in [-0.05, 0) is 42.7 Å². The Morgan fingerprint density at radius 2 is 2.10 bits per heavy atom. The van der Waals surface area contributed by atoms with Crippen molar-refractivity contribution in [2.24, 2.45) is 5.92 Å². The van der Waals surface area contributed by atoms with Gasteiger partial charge in [0.25, 0.3) is 0 Å². The summed E-state index contributed by atoms with van der Waals surface area (Å²) < 4.78 is 11.0. The van der Waals surface area contributed by atoms with Crippen LogP contribution in [0, 0.1) is 5.92 Å². The van der Waals surface area contributed by atoms with Gasteiger partial charge in [0.1, 0.15) is 6.61 Å². The molecular formula is C16H24ClNO2. The monoisotopic (exact) mass is 297 g/mol. The summed E-state index contributed by atoms with van der Waals surface area (Å²) in [6, 6.07) is 3.86. The topological polar surface area (TPSA) is 30.5 Å². The second kappa shape index (κ2) is 8.18. The third-order valence-corrected chi connectivity index (χ3v) is 2.91. The largest absolute Gasteiger partial charge is 0.493 e. The molecule has 0 bridgehead atoms. The molecule has 1 N–H and O–H groups in total. The van der Waals surface area contributed by atoms with Crippen LogP contribution in [0.3, 0.4) is 0 Å². The molecule has 0 fully saturated rings. The Morgan fingerprint density at radius 1 is 1.40 bits per heavy atom. The van der Waals surface area contributed by atoms with Gasteiger partial charge >= 0.3 is 0 Å². The summed E-state index contributed by atoms with van der Waals surface area (Å²) >= 11 is 6.28. The predicted molar refractivity (Wildman–Crippen MR) is 84.9 cm³/mol. The predicted octanol–water partition coefficient (Wildman–Crippen LogP) is 4.05. The lowest BCUT2D eigenvalue weighted by atomic mass is 10.1. The highest BCUT2D eigenvalue weighted by molar-refractivity contribution is 6.32. The molecule has 0 aliphatic carbocycles. The Bertz CT molecular complexity index is 458. The molecule has 0 heterocycles.